The van der Waals surface area contributed by atoms with Crippen LogP contribution in [0.4, 0.5) is 5.69 Å². The highest BCUT2D eigenvalue weighted by atomic mass is 16.5. The number of para-hydroxylation sites is 1. The highest BCUT2D eigenvalue weighted by Gasteiger charge is 2.36. The van der Waals surface area contributed by atoms with Gasteiger partial charge in [-0.3, -0.25) is 4.79 Å². The number of carbonyl (C=O) groups excluding carboxylic acids is 1. The highest BCUT2D eigenvalue weighted by Crippen LogP contribution is 2.38. The summed E-state index contributed by atoms with van der Waals surface area (Å²) in [6, 6.07) is 20.7. The van der Waals surface area contributed by atoms with Gasteiger partial charge in [0.25, 0.3) is 5.91 Å². The van der Waals surface area contributed by atoms with E-state index in [-0.39, 0.29) is 18.6 Å². The summed E-state index contributed by atoms with van der Waals surface area (Å²) in [6.07, 6.45) is 2.30. The van der Waals surface area contributed by atoms with Crippen LogP contribution in [0.1, 0.15) is 36.1 Å². The van der Waals surface area contributed by atoms with Crippen LogP contribution in [0.5, 0.6) is 11.5 Å². The average molecular weight is 391 g/mol. The van der Waals surface area contributed by atoms with Gasteiger partial charge in [0.05, 0.1) is 7.11 Å². The lowest BCUT2D eigenvalue weighted by Gasteiger charge is -2.29. The first kappa shape index (κ1) is 19.1. The minimum Gasteiger partial charge on any atom is -0.497 e. The van der Waals surface area contributed by atoms with Crippen molar-refractivity contribution in [3.63, 3.8) is 0 Å². The van der Waals surface area contributed by atoms with Gasteiger partial charge >= 0.3 is 0 Å². The van der Waals surface area contributed by atoms with Gasteiger partial charge < -0.3 is 18.8 Å². The molecule has 5 heteroatoms. The molecule has 29 heavy (non-hydrogen) atoms. The number of carbonyl (C=O) groups is 1. The first-order chi connectivity index (χ1) is 14.2. The van der Waals surface area contributed by atoms with Gasteiger partial charge in [0.1, 0.15) is 23.9 Å². The molecule has 3 aromatic rings. The lowest BCUT2D eigenvalue weighted by Crippen LogP contribution is -2.40. The Kier molecular flexibility index (Phi) is 5.56. The quantitative estimate of drug-likeness (QED) is 0.522. The predicted molar refractivity (Wildman–Crippen MR) is 111 cm³/mol. The van der Waals surface area contributed by atoms with E-state index in [1.807, 2.05) is 59.5 Å². The maximum atomic E-state index is 13.3. The van der Waals surface area contributed by atoms with E-state index in [0.717, 1.165) is 30.0 Å². The average Bonchev–Trinajstić information content (AvgIpc) is 3.51. The van der Waals surface area contributed by atoms with Gasteiger partial charge in [-0.2, -0.15) is 0 Å². The molecule has 0 aliphatic heterocycles. The van der Waals surface area contributed by atoms with Gasteiger partial charge in [0.15, 0.2) is 5.76 Å². The number of hydrogen-bond donors (Lipinski definition) is 0. The van der Waals surface area contributed by atoms with Crippen molar-refractivity contribution in [3.8, 4) is 11.5 Å². The summed E-state index contributed by atoms with van der Waals surface area (Å²) in [5, 5.41) is 0. The number of amides is 1. The minimum absolute atomic E-state index is 0.102. The fraction of sp³-hybridized carbons (Fsp3) is 0.292. The third kappa shape index (κ3) is 4.45. The molecule has 1 fully saturated rings. The van der Waals surface area contributed by atoms with E-state index < -0.39 is 0 Å². The van der Waals surface area contributed by atoms with E-state index in [9.17, 15) is 4.79 Å². The molecule has 1 heterocycles. The lowest BCUT2D eigenvalue weighted by atomic mass is 10.1. The fourth-order valence-electron chi connectivity index (χ4n) is 3.43. The molecule has 1 aliphatic rings. The maximum Gasteiger partial charge on any atom is 0.294 e. The van der Waals surface area contributed by atoms with Gasteiger partial charge in [-0.1, -0.05) is 18.2 Å². The summed E-state index contributed by atoms with van der Waals surface area (Å²) >= 11 is 0. The normalized spacial score (nSPS) is 14.3. The van der Waals surface area contributed by atoms with E-state index >= 15 is 0 Å². The number of rotatable bonds is 8. The monoisotopic (exact) mass is 391 g/mol. The molecule has 0 saturated heterocycles. The molecule has 1 amide bonds. The molecule has 0 spiro atoms. The summed E-state index contributed by atoms with van der Waals surface area (Å²) in [5.41, 5.74) is 0.841. The number of furan rings is 1. The third-order valence-electron chi connectivity index (χ3n) is 5.28. The smallest absolute Gasteiger partial charge is 0.294 e. The second-order valence-electron chi connectivity index (χ2n) is 7.32. The van der Waals surface area contributed by atoms with Crippen molar-refractivity contribution in [2.24, 2.45) is 5.92 Å². The van der Waals surface area contributed by atoms with Crippen LogP contribution < -0.4 is 14.4 Å². The molecule has 5 nitrogen and oxygen atoms in total. The predicted octanol–water partition coefficient (Wildman–Crippen LogP) is 5.31. The third-order valence-corrected chi connectivity index (χ3v) is 5.28. The first-order valence-electron chi connectivity index (χ1n) is 9.90. The molecule has 2 aromatic carbocycles. The SMILES string of the molecule is COc1ccc(N(C(=O)c2ccc(COc3ccccc3)o2)[C@H](C)C2CC2)cc1. The Morgan fingerprint density at radius 1 is 1.03 bits per heavy atom. The van der Waals surface area contributed by atoms with Crippen molar-refractivity contribution in [1.82, 2.24) is 0 Å². The Hall–Kier alpha value is -3.21. The van der Waals surface area contributed by atoms with Crippen molar-refractivity contribution in [2.45, 2.75) is 32.4 Å². The minimum atomic E-state index is -0.138. The topological polar surface area (TPSA) is 51.9 Å². The molecular formula is C24H25NO4. The largest absolute Gasteiger partial charge is 0.497 e. The lowest BCUT2D eigenvalue weighted by molar-refractivity contribution is 0.0944. The zero-order valence-electron chi connectivity index (χ0n) is 16.7. The van der Waals surface area contributed by atoms with Gasteiger partial charge in [0.2, 0.25) is 0 Å². The number of methoxy groups -OCH3 is 1. The number of ether oxygens (including phenoxy) is 2. The Morgan fingerprint density at radius 3 is 2.41 bits per heavy atom. The molecule has 1 saturated carbocycles. The number of benzene rings is 2. The van der Waals surface area contributed by atoms with E-state index in [4.69, 9.17) is 13.9 Å². The van der Waals surface area contributed by atoms with Crippen molar-refractivity contribution in [2.75, 3.05) is 12.0 Å². The van der Waals surface area contributed by atoms with Gasteiger partial charge in [0, 0.05) is 11.7 Å². The molecule has 150 valence electrons. The highest BCUT2D eigenvalue weighted by molar-refractivity contribution is 6.04. The van der Waals surface area contributed by atoms with Gasteiger partial charge in [-0.05, 0) is 74.2 Å². The van der Waals surface area contributed by atoms with E-state index in [1.54, 1.807) is 19.2 Å². The molecule has 0 radical (unpaired) electrons. The molecule has 4 rings (SSSR count). The number of anilines is 1. The first-order valence-corrected chi connectivity index (χ1v) is 9.90. The Balaban J connectivity index is 1.52. The molecule has 0 bridgehead atoms. The molecule has 1 aliphatic carbocycles. The maximum absolute atomic E-state index is 13.3. The van der Waals surface area contributed by atoms with Crippen LogP contribution in [0.3, 0.4) is 0 Å². The van der Waals surface area contributed by atoms with E-state index in [1.165, 1.54) is 0 Å². The van der Waals surface area contributed by atoms with Crippen molar-refractivity contribution < 1.29 is 18.7 Å². The Labute approximate surface area is 170 Å². The summed E-state index contributed by atoms with van der Waals surface area (Å²) in [7, 11) is 1.63. The van der Waals surface area contributed by atoms with Crippen LogP contribution in [-0.2, 0) is 6.61 Å². The van der Waals surface area contributed by atoms with Crippen LogP contribution in [-0.4, -0.2) is 19.1 Å². The van der Waals surface area contributed by atoms with E-state index in [0.29, 0.717) is 17.4 Å². The molecular weight excluding hydrogens is 366 g/mol. The fourth-order valence-corrected chi connectivity index (χ4v) is 3.43. The van der Waals surface area contributed by atoms with Crippen LogP contribution in [0.2, 0.25) is 0 Å². The van der Waals surface area contributed by atoms with E-state index in [2.05, 4.69) is 6.92 Å². The second kappa shape index (κ2) is 8.43. The van der Waals surface area contributed by atoms with Crippen molar-refractivity contribution in [1.29, 1.82) is 0 Å². The standard InChI is InChI=1S/C24H25NO4/c1-17(18-8-9-18)25(19-10-12-20(27-2)13-11-19)24(26)23-15-14-22(29-23)16-28-21-6-4-3-5-7-21/h3-7,10-15,17-18H,8-9,16H2,1-2H3/t17-/m1/s1. The molecule has 0 unspecified atom stereocenters. The summed E-state index contributed by atoms with van der Waals surface area (Å²) in [6.45, 7) is 2.38. The summed E-state index contributed by atoms with van der Waals surface area (Å²) in [5.74, 6) is 2.85. The summed E-state index contributed by atoms with van der Waals surface area (Å²) < 4.78 is 16.8. The van der Waals surface area contributed by atoms with Gasteiger partial charge in [-0.25, -0.2) is 0 Å². The number of hydrogen-bond acceptors (Lipinski definition) is 4. The van der Waals surface area contributed by atoms with Crippen LogP contribution in [0.25, 0.3) is 0 Å². The molecule has 1 aromatic heterocycles. The second-order valence-corrected chi connectivity index (χ2v) is 7.32. The molecule has 1 atom stereocenters. The van der Waals surface area contributed by atoms with Crippen molar-refractivity contribution >= 4 is 11.6 Å². The van der Waals surface area contributed by atoms with Crippen molar-refractivity contribution in [3.05, 3.63) is 78.3 Å². The zero-order chi connectivity index (χ0) is 20.2. The Bertz CT molecular complexity index is 945. The van der Waals surface area contributed by atoms with Crippen LogP contribution in [0, 0.1) is 5.92 Å². The number of nitrogens with zero attached hydrogens (tertiary/aromatic N) is 1. The Morgan fingerprint density at radius 2 is 1.76 bits per heavy atom. The van der Waals surface area contributed by atoms with Crippen LogP contribution >= 0.6 is 0 Å². The van der Waals surface area contributed by atoms with Crippen LogP contribution in [0.15, 0.2) is 71.1 Å². The molecule has 0 N–H and O–H groups in total. The van der Waals surface area contributed by atoms with Gasteiger partial charge in [-0.15, -0.1) is 0 Å². The summed E-state index contributed by atoms with van der Waals surface area (Å²) in [4.78, 5) is 15.2. The zero-order valence-corrected chi connectivity index (χ0v) is 16.7.